The highest BCUT2D eigenvalue weighted by atomic mass is 32.2. The zero-order valence-electron chi connectivity index (χ0n) is 13.4. The van der Waals surface area contributed by atoms with Gasteiger partial charge in [0.15, 0.2) is 0 Å². The molecule has 0 aliphatic rings. The Labute approximate surface area is 136 Å². The van der Waals surface area contributed by atoms with Crippen LogP contribution in [0.25, 0.3) is 0 Å². The van der Waals surface area contributed by atoms with Gasteiger partial charge < -0.3 is 10.4 Å². The van der Waals surface area contributed by atoms with Gasteiger partial charge in [0.1, 0.15) is 0 Å². The molecule has 1 aromatic carbocycles. The first kappa shape index (κ1) is 19.1. The average Bonchev–Trinajstić information content (AvgIpc) is 2.52. The molecule has 2 atom stereocenters. The zero-order valence-corrected chi connectivity index (χ0v) is 14.2. The minimum absolute atomic E-state index is 0.164. The van der Waals surface area contributed by atoms with Gasteiger partial charge in [0.2, 0.25) is 15.9 Å². The Hall–Kier alpha value is -1.93. The number of carboxylic acid groups (broad SMARTS) is 1. The highest BCUT2D eigenvalue weighted by Crippen LogP contribution is 2.11. The highest BCUT2D eigenvalue weighted by molar-refractivity contribution is 7.89. The quantitative estimate of drug-likeness (QED) is 0.645. The number of aryl methyl sites for hydroxylation is 1. The monoisotopic (exact) mass is 342 g/mol. The molecular formula is C15H22N2O5S. The summed E-state index contributed by atoms with van der Waals surface area (Å²) in [6, 6.07) is 5.81. The number of benzene rings is 1. The predicted octanol–water partition coefficient (Wildman–Crippen LogP) is 0.753. The minimum atomic E-state index is -3.46. The number of carbonyl (C=O) groups excluding carboxylic acids is 1. The molecule has 8 heteroatoms. The van der Waals surface area contributed by atoms with E-state index in [4.69, 9.17) is 5.11 Å². The molecule has 0 aliphatic carbocycles. The van der Waals surface area contributed by atoms with E-state index in [9.17, 15) is 18.0 Å². The molecular weight excluding hydrogens is 320 g/mol. The van der Waals surface area contributed by atoms with Gasteiger partial charge in [0.05, 0.1) is 10.8 Å². The fraction of sp³-hybridized carbons (Fsp3) is 0.467. The molecule has 1 amide bonds. The number of carboxylic acids is 1. The molecule has 1 rings (SSSR count). The van der Waals surface area contributed by atoms with E-state index >= 15 is 0 Å². The Morgan fingerprint density at radius 1 is 1.17 bits per heavy atom. The van der Waals surface area contributed by atoms with Crippen LogP contribution in [-0.2, 0) is 26.0 Å². The topological polar surface area (TPSA) is 113 Å². The van der Waals surface area contributed by atoms with Crippen molar-refractivity contribution in [3.05, 3.63) is 29.8 Å². The molecule has 0 spiro atoms. The summed E-state index contributed by atoms with van der Waals surface area (Å²) in [6.07, 6.45) is 0.648. The van der Waals surface area contributed by atoms with Gasteiger partial charge in [-0.25, -0.2) is 13.1 Å². The summed E-state index contributed by atoms with van der Waals surface area (Å²) in [4.78, 5) is 22.8. The Kier molecular flexibility index (Phi) is 6.71. The molecule has 0 radical (unpaired) electrons. The summed E-state index contributed by atoms with van der Waals surface area (Å²) in [5.74, 6) is -1.86. The first-order valence-electron chi connectivity index (χ1n) is 7.22. The second kappa shape index (κ2) is 8.07. The van der Waals surface area contributed by atoms with Crippen LogP contribution in [-0.4, -0.2) is 38.5 Å². The van der Waals surface area contributed by atoms with Gasteiger partial charge in [-0.1, -0.05) is 12.1 Å². The molecule has 7 nitrogen and oxygen atoms in total. The van der Waals surface area contributed by atoms with E-state index in [1.807, 2.05) is 0 Å². The Bertz CT molecular complexity index is 655. The lowest BCUT2D eigenvalue weighted by Gasteiger charge is -2.17. The summed E-state index contributed by atoms with van der Waals surface area (Å²) in [5, 5.41) is 11.5. The normalized spacial score (nSPS) is 14.0. The summed E-state index contributed by atoms with van der Waals surface area (Å²) < 4.78 is 25.4. The van der Waals surface area contributed by atoms with Crippen molar-refractivity contribution < 1.29 is 23.1 Å². The van der Waals surface area contributed by atoms with Gasteiger partial charge in [-0.2, -0.15) is 0 Å². The number of sulfonamides is 1. The summed E-state index contributed by atoms with van der Waals surface area (Å²) in [5.41, 5.74) is 0.828. The second-order valence-corrected chi connectivity index (χ2v) is 7.22. The summed E-state index contributed by atoms with van der Waals surface area (Å²) >= 11 is 0. The van der Waals surface area contributed by atoms with Gasteiger partial charge >= 0.3 is 5.97 Å². The van der Waals surface area contributed by atoms with E-state index < -0.39 is 28.0 Å². The predicted molar refractivity (Wildman–Crippen MR) is 85.4 cm³/mol. The van der Waals surface area contributed by atoms with E-state index in [1.165, 1.54) is 26.1 Å². The third kappa shape index (κ3) is 5.65. The maximum atomic E-state index is 11.8. The fourth-order valence-electron chi connectivity index (χ4n) is 1.88. The molecule has 0 saturated heterocycles. The van der Waals surface area contributed by atoms with Crippen LogP contribution in [0.15, 0.2) is 29.2 Å². The van der Waals surface area contributed by atoms with Crippen LogP contribution in [0.5, 0.6) is 0 Å². The molecule has 0 fully saturated rings. The number of carbonyl (C=O) groups is 2. The lowest BCUT2D eigenvalue weighted by Crippen LogP contribution is -2.40. The lowest BCUT2D eigenvalue weighted by molar-refractivity contribution is -0.142. The second-order valence-electron chi connectivity index (χ2n) is 5.33. The van der Waals surface area contributed by atoms with Crippen LogP contribution in [0.4, 0.5) is 0 Å². The molecule has 0 aliphatic heterocycles. The van der Waals surface area contributed by atoms with E-state index in [2.05, 4.69) is 10.0 Å². The van der Waals surface area contributed by atoms with Crippen LogP contribution < -0.4 is 10.0 Å². The number of aliphatic carboxylic acids is 1. The van der Waals surface area contributed by atoms with Gasteiger partial charge in [0, 0.05) is 12.5 Å². The molecule has 2 unspecified atom stereocenters. The van der Waals surface area contributed by atoms with Gasteiger partial charge in [0.25, 0.3) is 0 Å². The Balaban J connectivity index is 2.55. The first-order valence-corrected chi connectivity index (χ1v) is 8.70. The van der Waals surface area contributed by atoms with Crippen LogP contribution in [0.2, 0.25) is 0 Å². The highest BCUT2D eigenvalue weighted by Gasteiger charge is 2.20. The van der Waals surface area contributed by atoms with Gasteiger partial charge in [-0.15, -0.1) is 0 Å². The third-order valence-electron chi connectivity index (χ3n) is 3.67. The maximum Gasteiger partial charge on any atom is 0.308 e. The lowest BCUT2D eigenvalue weighted by atomic mass is 10.0. The maximum absolute atomic E-state index is 11.8. The van der Waals surface area contributed by atoms with Crippen molar-refractivity contribution in [2.24, 2.45) is 5.92 Å². The van der Waals surface area contributed by atoms with Crippen molar-refractivity contribution in [1.29, 1.82) is 0 Å². The molecule has 0 heterocycles. The number of hydrogen-bond acceptors (Lipinski definition) is 4. The molecule has 3 N–H and O–H groups in total. The SMILES string of the molecule is CNS(=O)(=O)c1ccc(CCC(=O)NC(C)C(C)C(=O)O)cc1. The van der Waals surface area contributed by atoms with Crippen molar-refractivity contribution in [1.82, 2.24) is 10.0 Å². The molecule has 0 aromatic heterocycles. The fourth-order valence-corrected chi connectivity index (χ4v) is 2.61. The van der Waals surface area contributed by atoms with E-state index in [0.717, 1.165) is 5.56 Å². The minimum Gasteiger partial charge on any atom is -0.481 e. The molecule has 23 heavy (non-hydrogen) atoms. The Morgan fingerprint density at radius 2 is 1.74 bits per heavy atom. The molecule has 128 valence electrons. The third-order valence-corrected chi connectivity index (χ3v) is 5.10. The Morgan fingerprint density at radius 3 is 2.22 bits per heavy atom. The largest absolute Gasteiger partial charge is 0.481 e. The van der Waals surface area contributed by atoms with Gasteiger partial charge in [-0.05, 0) is 45.0 Å². The number of hydrogen-bond donors (Lipinski definition) is 3. The van der Waals surface area contributed by atoms with E-state index in [0.29, 0.717) is 6.42 Å². The smallest absolute Gasteiger partial charge is 0.308 e. The van der Waals surface area contributed by atoms with Crippen LogP contribution in [0.3, 0.4) is 0 Å². The number of nitrogens with one attached hydrogen (secondary N) is 2. The van der Waals surface area contributed by atoms with Crippen molar-refractivity contribution in [3.63, 3.8) is 0 Å². The number of amides is 1. The zero-order chi connectivity index (χ0) is 17.6. The van der Waals surface area contributed by atoms with Crippen molar-refractivity contribution in [2.45, 2.75) is 37.6 Å². The average molecular weight is 342 g/mol. The summed E-state index contributed by atoms with van der Waals surface area (Å²) in [6.45, 7) is 3.18. The van der Waals surface area contributed by atoms with Crippen LogP contribution in [0, 0.1) is 5.92 Å². The molecule has 1 aromatic rings. The number of rotatable bonds is 8. The molecule has 0 bridgehead atoms. The van der Waals surface area contributed by atoms with Crippen molar-refractivity contribution in [2.75, 3.05) is 7.05 Å². The first-order chi connectivity index (χ1) is 10.7. The van der Waals surface area contributed by atoms with Crippen LogP contribution in [0.1, 0.15) is 25.8 Å². The van der Waals surface area contributed by atoms with Crippen molar-refractivity contribution in [3.8, 4) is 0 Å². The standard InChI is InChI=1S/C15H22N2O5S/c1-10(15(19)20)11(2)17-14(18)9-6-12-4-7-13(8-5-12)23(21,22)16-3/h4-5,7-8,10-11,16H,6,9H2,1-3H3,(H,17,18)(H,19,20). The van der Waals surface area contributed by atoms with E-state index in [1.54, 1.807) is 19.1 Å². The molecule has 0 saturated carbocycles. The van der Waals surface area contributed by atoms with Gasteiger partial charge in [-0.3, -0.25) is 9.59 Å². The van der Waals surface area contributed by atoms with E-state index in [-0.39, 0.29) is 17.2 Å². The van der Waals surface area contributed by atoms with Crippen molar-refractivity contribution >= 4 is 21.9 Å². The summed E-state index contributed by atoms with van der Waals surface area (Å²) in [7, 11) is -2.12. The van der Waals surface area contributed by atoms with Crippen LogP contribution >= 0.6 is 0 Å².